The maximum absolute atomic E-state index is 13.2. The molecule has 1 fully saturated rings. The lowest BCUT2D eigenvalue weighted by Crippen LogP contribution is -2.41. The van der Waals surface area contributed by atoms with Gasteiger partial charge in [-0.15, -0.1) is 0 Å². The van der Waals surface area contributed by atoms with E-state index < -0.39 is 46.5 Å². The van der Waals surface area contributed by atoms with Gasteiger partial charge in [0.15, 0.2) is 0 Å². The standard InChI is InChI=1S/C19H20F3N5O4S/c1-25-8-12(7-23-25)9-27-17(28)14-6-13(32(30,31)24-19(11-20)4-5-19)2-3-15(14)26(18(27)29)10-16(21)22/h2-3,6-8,16,24H,4-5,9-11H2,1H3. The van der Waals surface area contributed by atoms with Gasteiger partial charge in [-0.1, -0.05) is 0 Å². The monoisotopic (exact) mass is 471 g/mol. The number of halogens is 3. The number of hydrogen-bond acceptors (Lipinski definition) is 5. The first-order valence-electron chi connectivity index (χ1n) is 9.68. The van der Waals surface area contributed by atoms with E-state index >= 15 is 0 Å². The summed E-state index contributed by atoms with van der Waals surface area (Å²) in [5.41, 5.74) is -2.56. The summed E-state index contributed by atoms with van der Waals surface area (Å²) in [5.74, 6) is 0. The number of benzene rings is 1. The molecule has 9 nitrogen and oxygen atoms in total. The number of sulfonamides is 1. The Morgan fingerprint density at radius 3 is 2.50 bits per heavy atom. The highest BCUT2D eigenvalue weighted by Crippen LogP contribution is 2.37. The van der Waals surface area contributed by atoms with E-state index in [4.69, 9.17) is 0 Å². The second-order valence-corrected chi connectivity index (χ2v) is 9.58. The highest BCUT2D eigenvalue weighted by Gasteiger charge is 2.46. The molecule has 0 saturated heterocycles. The molecule has 1 aromatic carbocycles. The molecular weight excluding hydrogens is 451 g/mol. The van der Waals surface area contributed by atoms with Crippen molar-refractivity contribution in [3.63, 3.8) is 0 Å². The average molecular weight is 471 g/mol. The molecule has 4 rings (SSSR count). The third kappa shape index (κ3) is 4.09. The molecule has 0 radical (unpaired) electrons. The van der Waals surface area contributed by atoms with Crippen molar-refractivity contribution in [2.75, 3.05) is 6.67 Å². The Hall–Kier alpha value is -2.93. The van der Waals surface area contributed by atoms with Crippen LogP contribution in [0.2, 0.25) is 0 Å². The third-order valence-electron chi connectivity index (χ3n) is 5.39. The van der Waals surface area contributed by atoms with E-state index in [1.54, 1.807) is 13.2 Å². The average Bonchev–Trinajstić information content (AvgIpc) is 3.38. The van der Waals surface area contributed by atoms with Crippen molar-refractivity contribution in [1.29, 1.82) is 0 Å². The molecule has 32 heavy (non-hydrogen) atoms. The largest absolute Gasteiger partial charge is 0.331 e. The quantitative estimate of drug-likeness (QED) is 0.527. The van der Waals surface area contributed by atoms with Crippen molar-refractivity contribution < 1.29 is 21.6 Å². The zero-order chi connectivity index (χ0) is 23.3. The molecular formula is C19H20F3N5O4S. The lowest BCUT2D eigenvalue weighted by Gasteiger charge is -2.16. The molecule has 0 spiro atoms. The van der Waals surface area contributed by atoms with Crippen LogP contribution in [0.4, 0.5) is 13.2 Å². The van der Waals surface area contributed by atoms with E-state index in [1.807, 2.05) is 0 Å². The van der Waals surface area contributed by atoms with Crippen molar-refractivity contribution in [1.82, 2.24) is 23.6 Å². The van der Waals surface area contributed by atoms with Gasteiger partial charge in [-0.3, -0.25) is 18.6 Å². The number of hydrogen-bond donors (Lipinski definition) is 1. The molecule has 0 amide bonds. The fourth-order valence-corrected chi connectivity index (χ4v) is 4.98. The van der Waals surface area contributed by atoms with Crippen molar-refractivity contribution >= 4 is 20.9 Å². The number of nitrogens with zero attached hydrogens (tertiary/aromatic N) is 4. The topological polar surface area (TPSA) is 108 Å². The van der Waals surface area contributed by atoms with E-state index in [2.05, 4.69) is 9.82 Å². The Kier molecular flexibility index (Phi) is 5.49. The summed E-state index contributed by atoms with van der Waals surface area (Å²) in [6.45, 7) is -2.07. The van der Waals surface area contributed by atoms with Crippen LogP contribution in [0.25, 0.3) is 10.9 Å². The summed E-state index contributed by atoms with van der Waals surface area (Å²) in [6, 6.07) is 3.26. The minimum absolute atomic E-state index is 0.117. The lowest BCUT2D eigenvalue weighted by atomic mass is 10.2. The van der Waals surface area contributed by atoms with Gasteiger partial charge in [0, 0.05) is 18.8 Å². The van der Waals surface area contributed by atoms with Crippen LogP contribution < -0.4 is 16.0 Å². The summed E-state index contributed by atoms with van der Waals surface area (Å²) in [7, 11) is -2.54. The number of rotatable bonds is 8. The molecule has 172 valence electrons. The molecule has 2 heterocycles. The van der Waals surface area contributed by atoms with Crippen LogP contribution in [0.5, 0.6) is 0 Å². The number of alkyl halides is 3. The Bertz CT molecular complexity index is 1410. The summed E-state index contributed by atoms with van der Waals surface area (Å²) >= 11 is 0. The zero-order valence-corrected chi connectivity index (χ0v) is 17.8. The van der Waals surface area contributed by atoms with E-state index in [1.165, 1.54) is 10.9 Å². The van der Waals surface area contributed by atoms with Crippen LogP contribution in [0, 0.1) is 0 Å². The summed E-state index contributed by atoms with van der Waals surface area (Å²) < 4.78 is 70.3. The van der Waals surface area contributed by atoms with E-state index in [0.717, 1.165) is 27.3 Å². The first-order chi connectivity index (χ1) is 15.0. The molecule has 0 unspecified atom stereocenters. The predicted octanol–water partition coefficient (Wildman–Crippen LogP) is 0.990. The molecule has 1 N–H and O–H groups in total. The number of aromatic nitrogens is 4. The fraction of sp³-hybridized carbons (Fsp3) is 0.421. The third-order valence-corrected chi connectivity index (χ3v) is 6.96. The maximum Gasteiger partial charge on any atom is 0.331 e. The van der Waals surface area contributed by atoms with Gasteiger partial charge >= 0.3 is 5.69 Å². The predicted molar refractivity (Wildman–Crippen MR) is 109 cm³/mol. The minimum Gasteiger partial charge on any atom is -0.287 e. The van der Waals surface area contributed by atoms with Gasteiger partial charge in [-0.05, 0) is 31.0 Å². The van der Waals surface area contributed by atoms with Crippen molar-refractivity contribution in [3.05, 3.63) is 57.0 Å². The summed E-state index contributed by atoms with van der Waals surface area (Å²) in [6.07, 6.45) is 0.795. The molecule has 0 atom stereocenters. The summed E-state index contributed by atoms with van der Waals surface area (Å²) in [4.78, 5) is 25.6. The lowest BCUT2D eigenvalue weighted by molar-refractivity contribution is 0.126. The van der Waals surface area contributed by atoms with Crippen LogP contribution >= 0.6 is 0 Å². The second-order valence-electron chi connectivity index (χ2n) is 7.90. The van der Waals surface area contributed by atoms with Crippen LogP contribution in [0.3, 0.4) is 0 Å². The van der Waals surface area contributed by atoms with Crippen LogP contribution in [0.1, 0.15) is 18.4 Å². The zero-order valence-electron chi connectivity index (χ0n) is 17.0. The maximum atomic E-state index is 13.2. The fourth-order valence-electron chi connectivity index (χ4n) is 3.52. The highest BCUT2D eigenvalue weighted by atomic mass is 32.2. The van der Waals surface area contributed by atoms with Crippen LogP contribution in [-0.2, 0) is 30.2 Å². The molecule has 1 saturated carbocycles. The normalized spacial score (nSPS) is 15.5. The first-order valence-corrected chi connectivity index (χ1v) is 11.2. The number of fused-ring (bicyclic) bond motifs is 1. The van der Waals surface area contributed by atoms with E-state index in [-0.39, 0.29) is 22.3 Å². The van der Waals surface area contributed by atoms with Gasteiger partial charge in [0.25, 0.3) is 12.0 Å². The van der Waals surface area contributed by atoms with Gasteiger partial charge < -0.3 is 0 Å². The molecule has 0 bridgehead atoms. The van der Waals surface area contributed by atoms with E-state index in [9.17, 15) is 31.2 Å². The van der Waals surface area contributed by atoms with Gasteiger partial charge in [0.05, 0.1) is 40.6 Å². The SMILES string of the molecule is Cn1cc(Cn2c(=O)c3cc(S(=O)(=O)NC4(CF)CC4)ccc3n(CC(F)F)c2=O)cn1. The Morgan fingerprint density at radius 1 is 1.22 bits per heavy atom. The van der Waals surface area contributed by atoms with Gasteiger partial charge in [0.2, 0.25) is 10.0 Å². The van der Waals surface area contributed by atoms with Crippen molar-refractivity contribution in [3.8, 4) is 0 Å². The molecule has 0 aliphatic heterocycles. The molecule has 1 aliphatic carbocycles. The Morgan fingerprint density at radius 2 is 1.94 bits per heavy atom. The van der Waals surface area contributed by atoms with Gasteiger partial charge in [0.1, 0.15) is 6.67 Å². The second kappa shape index (κ2) is 7.89. The molecule has 3 aromatic rings. The minimum atomic E-state index is -4.18. The van der Waals surface area contributed by atoms with Gasteiger partial charge in [-0.2, -0.15) is 5.10 Å². The smallest absolute Gasteiger partial charge is 0.287 e. The highest BCUT2D eigenvalue weighted by molar-refractivity contribution is 7.89. The summed E-state index contributed by atoms with van der Waals surface area (Å²) in [5, 5.41) is 3.73. The first kappa shape index (κ1) is 22.3. The van der Waals surface area contributed by atoms with Crippen molar-refractivity contribution in [2.24, 2.45) is 7.05 Å². The van der Waals surface area contributed by atoms with Crippen molar-refractivity contribution in [2.45, 2.75) is 42.8 Å². The Balaban J connectivity index is 1.89. The molecule has 13 heteroatoms. The van der Waals surface area contributed by atoms with E-state index in [0.29, 0.717) is 18.4 Å². The Labute approximate surface area is 180 Å². The number of aryl methyl sites for hydroxylation is 1. The van der Waals surface area contributed by atoms with Gasteiger partial charge in [-0.25, -0.2) is 31.1 Å². The van der Waals surface area contributed by atoms with Crippen LogP contribution in [-0.4, -0.2) is 46.0 Å². The number of nitrogens with one attached hydrogen (secondary N) is 1. The molecule has 2 aromatic heterocycles. The van der Waals surface area contributed by atoms with Crippen LogP contribution in [0.15, 0.2) is 45.1 Å². The molecule has 1 aliphatic rings.